The average molecular weight is 455 g/mol. The molecule has 1 amide bonds. The first-order valence-corrected chi connectivity index (χ1v) is 11.5. The van der Waals surface area contributed by atoms with E-state index in [9.17, 15) is 17.6 Å². The fourth-order valence-electron chi connectivity index (χ4n) is 3.61. The summed E-state index contributed by atoms with van der Waals surface area (Å²) in [5.41, 5.74) is 0.438. The van der Waals surface area contributed by atoms with Gasteiger partial charge in [-0.2, -0.15) is 4.31 Å². The molecule has 2 aromatic carbocycles. The van der Waals surface area contributed by atoms with E-state index in [2.05, 4.69) is 5.32 Å². The monoisotopic (exact) mass is 454 g/mol. The Morgan fingerprint density at radius 3 is 2.43 bits per heavy atom. The molecule has 0 heterocycles. The molecule has 1 fully saturated rings. The van der Waals surface area contributed by atoms with Gasteiger partial charge in [-0.05, 0) is 55.3 Å². The molecule has 1 saturated carbocycles. The fourth-order valence-corrected chi connectivity index (χ4v) is 5.51. The molecule has 162 valence electrons. The van der Waals surface area contributed by atoms with E-state index in [1.807, 2.05) is 0 Å². The van der Waals surface area contributed by atoms with E-state index in [-0.39, 0.29) is 17.5 Å². The van der Waals surface area contributed by atoms with Gasteiger partial charge in [0.05, 0.1) is 23.6 Å². The van der Waals surface area contributed by atoms with Crippen LogP contribution in [0.4, 0.5) is 10.1 Å². The molecule has 6 nitrogen and oxygen atoms in total. The fraction of sp³-hybridized carbons (Fsp3) is 0.381. The summed E-state index contributed by atoms with van der Waals surface area (Å²) in [6.45, 7) is -0.339. The number of carbonyl (C=O) groups is 1. The molecule has 0 unspecified atom stereocenters. The minimum atomic E-state index is -3.96. The van der Waals surface area contributed by atoms with E-state index in [1.165, 1.54) is 29.6 Å². The lowest BCUT2D eigenvalue weighted by Gasteiger charge is -2.33. The molecule has 0 spiro atoms. The molecule has 0 aliphatic heterocycles. The molecule has 9 heteroatoms. The first kappa shape index (κ1) is 22.5. The Labute approximate surface area is 181 Å². The van der Waals surface area contributed by atoms with Crippen LogP contribution in [0.2, 0.25) is 5.02 Å². The van der Waals surface area contributed by atoms with Gasteiger partial charge in [-0.3, -0.25) is 4.79 Å². The van der Waals surface area contributed by atoms with Crippen molar-refractivity contribution < 1.29 is 22.3 Å². The molecule has 30 heavy (non-hydrogen) atoms. The molecule has 0 atom stereocenters. The Kier molecular flexibility index (Phi) is 7.33. The van der Waals surface area contributed by atoms with Gasteiger partial charge in [0.25, 0.3) is 0 Å². The van der Waals surface area contributed by atoms with Crippen LogP contribution in [0.15, 0.2) is 47.4 Å². The van der Waals surface area contributed by atoms with E-state index >= 15 is 0 Å². The van der Waals surface area contributed by atoms with Crippen LogP contribution in [-0.2, 0) is 14.8 Å². The molecule has 0 aromatic heterocycles. The first-order valence-electron chi connectivity index (χ1n) is 9.72. The number of carbonyl (C=O) groups excluding carboxylic acids is 1. The van der Waals surface area contributed by atoms with Crippen LogP contribution in [0.25, 0.3) is 0 Å². The number of anilines is 1. The summed E-state index contributed by atoms with van der Waals surface area (Å²) in [6.07, 6.45) is 4.20. The minimum Gasteiger partial charge on any atom is -0.495 e. The number of sulfonamides is 1. The quantitative estimate of drug-likeness (QED) is 0.670. The highest BCUT2D eigenvalue weighted by molar-refractivity contribution is 7.89. The summed E-state index contributed by atoms with van der Waals surface area (Å²) in [7, 11) is -2.48. The van der Waals surface area contributed by atoms with Crippen LogP contribution >= 0.6 is 11.6 Å². The van der Waals surface area contributed by atoms with Crippen molar-refractivity contribution in [3.63, 3.8) is 0 Å². The number of benzene rings is 2. The summed E-state index contributed by atoms with van der Waals surface area (Å²) >= 11 is 6.09. The van der Waals surface area contributed by atoms with Gasteiger partial charge in [-0.15, -0.1) is 0 Å². The van der Waals surface area contributed by atoms with Gasteiger partial charge in [-0.1, -0.05) is 30.9 Å². The zero-order chi connectivity index (χ0) is 21.7. The van der Waals surface area contributed by atoms with E-state index in [4.69, 9.17) is 16.3 Å². The molecule has 1 aliphatic carbocycles. The number of rotatable bonds is 7. The predicted octanol–water partition coefficient (Wildman–Crippen LogP) is 4.45. The highest BCUT2D eigenvalue weighted by Crippen LogP contribution is 2.29. The predicted molar refractivity (Wildman–Crippen MR) is 114 cm³/mol. The summed E-state index contributed by atoms with van der Waals surface area (Å²) in [6, 6.07) is 9.16. The number of amides is 1. The third kappa shape index (κ3) is 5.30. The number of nitrogens with zero attached hydrogens (tertiary/aromatic N) is 1. The summed E-state index contributed by atoms with van der Waals surface area (Å²) in [4.78, 5) is 12.7. The van der Waals surface area contributed by atoms with Crippen molar-refractivity contribution in [2.45, 2.75) is 43.0 Å². The number of nitrogens with one attached hydrogen (secondary N) is 1. The standard InChI is InChI=1S/C21H24ClFN2O4S/c1-29-20-12-9-16(13-19(20)22)24-21(26)14-25(17-5-3-2-4-6-17)30(27,28)18-10-7-15(23)8-11-18/h7-13,17H,2-6,14H2,1H3,(H,24,26). The Balaban J connectivity index is 1.82. The Morgan fingerprint density at radius 2 is 1.83 bits per heavy atom. The van der Waals surface area contributed by atoms with E-state index in [1.54, 1.807) is 12.1 Å². The molecular formula is C21H24ClFN2O4S. The summed E-state index contributed by atoms with van der Waals surface area (Å²) in [5.74, 6) is -0.530. The van der Waals surface area contributed by atoms with Gasteiger partial charge >= 0.3 is 0 Å². The molecule has 2 aromatic rings. The smallest absolute Gasteiger partial charge is 0.243 e. The maximum atomic E-state index is 13.3. The molecule has 1 aliphatic rings. The van der Waals surface area contributed by atoms with Crippen molar-refractivity contribution in [3.8, 4) is 5.75 Å². The van der Waals surface area contributed by atoms with Crippen LogP contribution < -0.4 is 10.1 Å². The maximum Gasteiger partial charge on any atom is 0.243 e. The van der Waals surface area contributed by atoms with E-state index in [0.717, 1.165) is 31.4 Å². The second-order valence-corrected chi connectivity index (χ2v) is 9.49. The number of ether oxygens (including phenoxy) is 1. The van der Waals surface area contributed by atoms with Crippen LogP contribution in [0.3, 0.4) is 0 Å². The normalized spacial score (nSPS) is 15.2. The van der Waals surface area contributed by atoms with Crippen LogP contribution in [0.5, 0.6) is 5.75 Å². The number of methoxy groups -OCH3 is 1. The Morgan fingerprint density at radius 1 is 1.17 bits per heavy atom. The first-order chi connectivity index (χ1) is 14.3. The van der Waals surface area contributed by atoms with Crippen LogP contribution in [-0.4, -0.2) is 38.3 Å². The Hall–Kier alpha value is -2.16. The van der Waals surface area contributed by atoms with Crippen molar-refractivity contribution in [1.82, 2.24) is 4.31 Å². The lowest BCUT2D eigenvalue weighted by molar-refractivity contribution is -0.116. The average Bonchev–Trinajstić information content (AvgIpc) is 2.73. The van der Waals surface area contributed by atoms with E-state index in [0.29, 0.717) is 29.3 Å². The van der Waals surface area contributed by atoms with Gasteiger partial charge in [0.15, 0.2) is 0 Å². The minimum absolute atomic E-state index is 0.0326. The van der Waals surface area contributed by atoms with Gasteiger partial charge in [-0.25, -0.2) is 12.8 Å². The molecule has 0 bridgehead atoms. The van der Waals surface area contributed by atoms with Gasteiger partial charge in [0.2, 0.25) is 15.9 Å². The van der Waals surface area contributed by atoms with Crippen molar-refractivity contribution in [2.75, 3.05) is 19.0 Å². The lowest BCUT2D eigenvalue weighted by atomic mass is 9.95. The largest absolute Gasteiger partial charge is 0.495 e. The van der Waals surface area contributed by atoms with Crippen molar-refractivity contribution in [2.24, 2.45) is 0 Å². The second kappa shape index (κ2) is 9.76. The van der Waals surface area contributed by atoms with Gasteiger partial charge < -0.3 is 10.1 Å². The Bertz CT molecular complexity index is 993. The zero-order valence-corrected chi connectivity index (χ0v) is 18.2. The van der Waals surface area contributed by atoms with Crippen molar-refractivity contribution in [1.29, 1.82) is 0 Å². The number of halogens is 2. The lowest BCUT2D eigenvalue weighted by Crippen LogP contribution is -2.45. The third-order valence-corrected chi connectivity index (χ3v) is 7.35. The number of hydrogen-bond donors (Lipinski definition) is 1. The molecule has 0 radical (unpaired) electrons. The van der Waals surface area contributed by atoms with Gasteiger partial charge in [0, 0.05) is 11.7 Å². The van der Waals surface area contributed by atoms with Gasteiger partial charge in [0.1, 0.15) is 11.6 Å². The summed E-state index contributed by atoms with van der Waals surface area (Å²) in [5, 5.41) is 3.02. The van der Waals surface area contributed by atoms with Crippen molar-refractivity contribution in [3.05, 3.63) is 53.3 Å². The topological polar surface area (TPSA) is 75.7 Å². The van der Waals surface area contributed by atoms with Crippen molar-refractivity contribution >= 4 is 33.2 Å². The molecule has 1 N–H and O–H groups in total. The third-order valence-electron chi connectivity index (χ3n) is 5.14. The second-order valence-electron chi connectivity index (χ2n) is 7.19. The highest BCUT2D eigenvalue weighted by Gasteiger charge is 2.34. The molecular weight excluding hydrogens is 431 g/mol. The van der Waals surface area contributed by atoms with Crippen LogP contribution in [0.1, 0.15) is 32.1 Å². The molecule has 3 rings (SSSR count). The summed E-state index contributed by atoms with van der Waals surface area (Å²) < 4.78 is 46.1. The number of hydrogen-bond acceptors (Lipinski definition) is 4. The highest BCUT2D eigenvalue weighted by atomic mass is 35.5. The van der Waals surface area contributed by atoms with E-state index < -0.39 is 21.7 Å². The SMILES string of the molecule is COc1ccc(NC(=O)CN(C2CCCCC2)S(=O)(=O)c2ccc(F)cc2)cc1Cl. The maximum absolute atomic E-state index is 13.3. The molecule has 0 saturated heterocycles. The zero-order valence-electron chi connectivity index (χ0n) is 16.6. The van der Waals surface area contributed by atoms with Crippen LogP contribution in [0, 0.1) is 5.82 Å².